The molecule has 0 saturated carbocycles. The van der Waals surface area contributed by atoms with E-state index in [0.717, 1.165) is 15.8 Å². The van der Waals surface area contributed by atoms with E-state index in [0.29, 0.717) is 30.0 Å². The molecule has 0 aliphatic rings. The molecule has 0 spiro atoms. The summed E-state index contributed by atoms with van der Waals surface area (Å²) in [6.45, 7) is 0.522. The summed E-state index contributed by atoms with van der Waals surface area (Å²) in [5.41, 5.74) is 0.732. The molecule has 0 bridgehead atoms. The van der Waals surface area contributed by atoms with Crippen LogP contribution in [0.25, 0.3) is 11.0 Å². The first-order chi connectivity index (χ1) is 12.3. The van der Waals surface area contributed by atoms with Gasteiger partial charge in [0.15, 0.2) is 0 Å². The summed E-state index contributed by atoms with van der Waals surface area (Å²) in [6.07, 6.45) is 2.42. The molecular weight excluding hydrogens is 374 g/mol. The lowest BCUT2D eigenvalue weighted by Crippen LogP contribution is -2.30. The number of hydrogen-bond acceptors (Lipinski definition) is 5. The van der Waals surface area contributed by atoms with E-state index in [9.17, 15) is 13.2 Å². The molecule has 138 valence electrons. The van der Waals surface area contributed by atoms with Gasteiger partial charge in [-0.1, -0.05) is 18.2 Å². The summed E-state index contributed by atoms with van der Waals surface area (Å²) < 4.78 is 31.3. The van der Waals surface area contributed by atoms with Gasteiger partial charge in [-0.15, -0.1) is 11.3 Å². The van der Waals surface area contributed by atoms with Crippen LogP contribution in [0.2, 0.25) is 0 Å². The zero-order chi connectivity index (χ0) is 18.7. The molecule has 1 aromatic carbocycles. The minimum atomic E-state index is -3.38. The molecule has 3 aromatic rings. The van der Waals surface area contributed by atoms with Crippen LogP contribution in [0.1, 0.15) is 26.7 Å². The highest BCUT2D eigenvalue weighted by Gasteiger charge is 2.19. The van der Waals surface area contributed by atoms with Gasteiger partial charge in [-0.25, -0.2) is 13.2 Å². The van der Waals surface area contributed by atoms with Crippen molar-refractivity contribution in [3.8, 4) is 0 Å². The van der Waals surface area contributed by atoms with Gasteiger partial charge in [0.25, 0.3) is 0 Å². The molecule has 0 radical (unpaired) electrons. The van der Waals surface area contributed by atoms with E-state index < -0.39 is 16.0 Å². The van der Waals surface area contributed by atoms with Gasteiger partial charge in [0.05, 0.1) is 12.8 Å². The Bertz CT molecular complexity index is 986. The van der Waals surface area contributed by atoms with E-state index in [4.69, 9.17) is 9.52 Å². The molecule has 0 atom stereocenters. The number of fused-ring (bicyclic) bond motifs is 1. The predicted molar refractivity (Wildman–Crippen MR) is 101 cm³/mol. The highest BCUT2D eigenvalue weighted by Crippen LogP contribution is 2.22. The molecule has 3 rings (SSSR count). The maximum absolute atomic E-state index is 12.1. The monoisotopic (exact) mass is 393 g/mol. The molecular formula is C18H19NO5S2. The van der Waals surface area contributed by atoms with E-state index in [1.54, 1.807) is 12.1 Å². The first-order valence-corrected chi connectivity index (χ1v) is 10.7. The van der Waals surface area contributed by atoms with Crippen molar-refractivity contribution in [3.05, 3.63) is 58.0 Å². The van der Waals surface area contributed by atoms with Gasteiger partial charge in [0, 0.05) is 16.8 Å². The molecule has 0 unspecified atom stereocenters. The van der Waals surface area contributed by atoms with E-state index in [1.807, 2.05) is 30.3 Å². The Morgan fingerprint density at radius 3 is 2.65 bits per heavy atom. The fraction of sp³-hybridized carbons (Fsp3) is 0.278. The zero-order valence-electron chi connectivity index (χ0n) is 14.2. The fourth-order valence-corrected chi connectivity index (χ4v) is 4.42. The number of benzene rings is 1. The third-order valence-electron chi connectivity index (χ3n) is 3.98. The second-order valence-corrected chi connectivity index (χ2v) is 9.17. The number of carboxylic acids is 1. The molecule has 0 saturated heterocycles. The van der Waals surface area contributed by atoms with E-state index in [2.05, 4.69) is 0 Å². The molecule has 2 heterocycles. The fourth-order valence-electron chi connectivity index (χ4n) is 2.71. The number of carbonyl (C=O) groups is 1. The molecule has 8 heteroatoms. The number of furan rings is 1. The molecule has 0 fully saturated rings. The van der Waals surface area contributed by atoms with Crippen LogP contribution >= 0.6 is 11.3 Å². The van der Waals surface area contributed by atoms with Crippen molar-refractivity contribution in [2.45, 2.75) is 19.4 Å². The van der Waals surface area contributed by atoms with Crippen molar-refractivity contribution < 1.29 is 22.7 Å². The van der Waals surface area contributed by atoms with Crippen LogP contribution in [0.15, 0.2) is 46.9 Å². The van der Waals surface area contributed by atoms with E-state index in [-0.39, 0.29) is 6.54 Å². The smallest absolute Gasteiger partial charge is 0.345 e. The third kappa shape index (κ3) is 4.51. The first kappa shape index (κ1) is 18.6. The number of aryl methyl sites for hydroxylation is 1. The number of carboxylic acid groups (broad SMARTS) is 1. The number of sulfonamides is 1. The van der Waals surface area contributed by atoms with Gasteiger partial charge in [-0.2, -0.15) is 4.31 Å². The molecule has 0 amide bonds. The summed E-state index contributed by atoms with van der Waals surface area (Å²) in [4.78, 5) is 12.1. The van der Waals surface area contributed by atoms with Crippen molar-refractivity contribution in [1.29, 1.82) is 0 Å². The largest absolute Gasteiger partial charge is 0.477 e. The highest BCUT2D eigenvalue weighted by molar-refractivity contribution is 7.88. The highest BCUT2D eigenvalue weighted by atomic mass is 32.2. The average molecular weight is 393 g/mol. The maximum Gasteiger partial charge on any atom is 0.345 e. The number of thiophene rings is 1. The van der Waals surface area contributed by atoms with Gasteiger partial charge in [0.1, 0.15) is 16.2 Å². The van der Waals surface area contributed by atoms with Gasteiger partial charge < -0.3 is 9.52 Å². The van der Waals surface area contributed by atoms with Crippen molar-refractivity contribution >= 4 is 38.3 Å². The standard InChI is InChI=1S/C18H19NO5S2/c1-26(22,23)19(10-4-6-15-8-9-17(25-15)18(20)21)12-14-11-13-5-2-3-7-16(13)24-14/h2-3,5,7-9,11H,4,6,10,12H2,1H3,(H,20,21). The van der Waals surface area contributed by atoms with Gasteiger partial charge in [-0.05, 0) is 37.1 Å². The number of nitrogens with zero attached hydrogens (tertiary/aromatic N) is 1. The first-order valence-electron chi connectivity index (χ1n) is 8.07. The Morgan fingerprint density at radius 2 is 2.00 bits per heavy atom. The molecule has 6 nitrogen and oxygen atoms in total. The van der Waals surface area contributed by atoms with Gasteiger partial charge >= 0.3 is 5.97 Å². The summed E-state index contributed by atoms with van der Waals surface area (Å²) in [5.74, 6) is -0.343. The van der Waals surface area contributed by atoms with Crippen molar-refractivity contribution in [2.24, 2.45) is 0 Å². The number of para-hydroxylation sites is 1. The number of aromatic carboxylic acids is 1. The lowest BCUT2D eigenvalue weighted by molar-refractivity contribution is 0.0702. The van der Waals surface area contributed by atoms with Gasteiger partial charge in [-0.3, -0.25) is 0 Å². The maximum atomic E-state index is 12.1. The van der Waals surface area contributed by atoms with Crippen LogP contribution in [-0.2, 0) is 23.0 Å². The SMILES string of the molecule is CS(=O)(=O)N(CCCc1ccc(C(=O)O)s1)Cc1cc2ccccc2o1. The summed E-state index contributed by atoms with van der Waals surface area (Å²) in [6, 6.07) is 12.7. The summed E-state index contributed by atoms with van der Waals surface area (Å²) in [5, 5.41) is 9.90. The predicted octanol–water partition coefficient (Wildman–Crippen LogP) is 3.59. The van der Waals surface area contributed by atoms with Gasteiger partial charge in [0.2, 0.25) is 10.0 Å². The Hall–Kier alpha value is -2.16. The second-order valence-electron chi connectivity index (χ2n) is 6.02. The second kappa shape index (κ2) is 7.61. The molecule has 0 aliphatic heterocycles. The van der Waals surface area contributed by atoms with Crippen LogP contribution < -0.4 is 0 Å². The minimum absolute atomic E-state index is 0.179. The van der Waals surface area contributed by atoms with Crippen molar-refractivity contribution in [3.63, 3.8) is 0 Å². The normalized spacial score (nSPS) is 12.1. The Labute approximate surface area is 155 Å². The van der Waals surface area contributed by atoms with Crippen LogP contribution in [-0.4, -0.2) is 36.6 Å². The third-order valence-corrected chi connectivity index (χ3v) is 6.36. The van der Waals surface area contributed by atoms with Crippen LogP contribution in [0, 0.1) is 0 Å². The molecule has 0 aliphatic carbocycles. The van der Waals surface area contributed by atoms with E-state index >= 15 is 0 Å². The van der Waals surface area contributed by atoms with E-state index in [1.165, 1.54) is 21.9 Å². The quantitative estimate of drug-likeness (QED) is 0.632. The minimum Gasteiger partial charge on any atom is -0.477 e. The average Bonchev–Trinajstić information content (AvgIpc) is 3.19. The van der Waals surface area contributed by atoms with Crippen molar-refractivity contribution in [2.75, 3.05) is 12.8 Å². The lowest BCUT2D eigenvalue weighted by atomic mass is 10.2. The zero-order valence-corrected chi connectivity index (χ0v) is 15.8. The molecule has 1 N–H and O–H groups in total. The Morgan fingerprint density at radius 1 is 1.23 bits per heavy atom. The molecule has 26 heavy (non-hydrogen) atoms. The lowest BCUT2D eigenvalue weighted by Gasteiger charge is -2.18. The topological polar surface area (TPSA) is 87.8 Å². The number of hydrogen-bond donors (Lipinski definition) is 1. The molecule has 2 aromatic heterocycles. The Balaban J connectivity index is 1.65. The van der Waals surface area contributed by atoms with Crippen LogP contribution in [0.4, 0.5) is 0 Å². The van der Waals surface area contributed by atoms with Crippen LogP contribution in [0.5, 0.6) is 0 Å². The summed E-state index contributed by atoms with van der Waals surface area (Å²) in [7, 11) is -3.38. The Kier molecular flexibility index (Phi) is 5.45. The number of rotatable bonds is 8. The van der Waals surface area contributed by atoms with Crippen LogP contribution in [0.3, 0.4) is 0 Å². The van der Waals surface area contributed by atoms with Crippen molar-refractivity contribution in [1.82, 2.24) is 4.31 Å². The summed E-state index contributed by atoms with van der Waals surface area (Å²) >= 11 is 1.22.